The van der Waals surface area contributed by atoms with Crippen LogP contribution >= 0.6 is 0 Å². The number of terminal acetylenes is 1. The Labute approximate surface area is 190 Å². The first-order chi connectivity index (χ1) is 15.1. The van der Waals surface area contributed by atoms with Crippen molar-refractivity contribution in [1.29, 1.82) is 0 Å². The summed E-state index contributed by atoms with van der Waals surface area (Å²) in [7, 11) is -7.76. The van der Waals surface area contributed by atoms with E-state index in [1.165, 1.54) is 4.31 Å². The van der Waals surface area contributed by atoms with Gasteiger partial charge in [0.2, 0.25) is 20.0 Å². The van der Waals surface area contributed by atoms with Crippen molar-refractivity contribution in [3.63, 3.8) is 0 Å². The summed E-state index contributed by atoms with van der Waals surface area (Å²) >= 11 is 0. The Morgan fingerprint density at radius 1 is 0.906 bits per heavy atom. The Balaban J connectivity index is 1.71. The fourth-order valence-electron chi connectivity index (χ4n) is 4.60. The zero-order chi connectivity index (χ0) is 23.1. The molecule has 8 heteroatoms. The normalized spacial score (nSPS) is 24.7. The lowest BCUT2D eigenvalue weighted by Crippen LogP contribution is -2.55. The minimum Gasteiger partial charge on any atom is -0.207 e. The number of hydrogen-bond acceptors (Lipinski definition) is 4. The highest BCUT2D eigenvalue weighted by Gasteiger charge is 2.51. The largest absolute Gasteiger partial charge is 0.244 e. The fraction of sp³-hybridized carbons (Fsp3) is 0.333. The van der Waals surface area contributed by atoms with E-state index in [-0.39, 0.29) is 28.2 Å². The lowest BCUT2D eigenvalue weighted by atomic mass is 9.97. The van der Waals surface area contributed by atoms with E-state index < -0.39 is 32.1 Å². The van der Waals surface area contributed by atoms with E-state index in [1.807, 2.05) is 26.0 Å². The van der Waals surface area contributed by atoms with Crippen LogP contribution in [0.1, 0.15) is 17.5 Å². The van der Waals surface area contributed by atoms with Crippen LogP contribution in [0.3, 0.4) is 0 Å². The van der Waals surface area contributed by atoms with Crippen LogP contribution in [0.2, 0.25) is 0 Å². The Hall–Kier alpha value is -2.44. The summed E-state index contributed by atoms with van der Waals surface area (Å²) in [5.41, 5.74) is 1.90. The third-order valence-corrected chi connectivity index (χ3v) is 9.58. The van der Waals surface area contributed by atoms with Crippen molar-refractivity contribution in [2.24, 2.45) is 11.8 Å². The van der Waals surface area contributed by atoms with Crippen LogP contribution in [0.5, 0.6) is 0 Å². The molecule has 2 aromatic carbocycles. The van der Waals surface area contributed by atoms with Crippen LogP contribution in [0, 0.1) is 38.0 Å². The van der Waals surface area contributed by atoms with Crippen LogP contribution in [-0.2, 0) is 20.0 Å². The summed E-state index contributed by atoms with van der Waals surface area (Å²) in [5.74, 6) is 2.25. The summed E-state index contributed by atoms with van der Waals surface area (Å²) in [5, 5.41) is 0. The third-order valence-electron chi connectivity index (χ3n) is 6.25. The van der Waals surface area contributed by atoms with Gasteiger partial charge in [-0.05, 0) is 56.4 Å². The maximum atomic E-state index is 13.5. The van der Waals surface area contributed by atoms with E-state index >= 15 is 0 Å². The molecule has 6 nitrogen and oxygen atoms in total. The first kappa shape index (κ1) is 22.7. The monoisotopic (exact) mass is 470 g/mol. The molecule has 0 aromatic heterocycles. The predicted octanol–water partition coefficient (Wildman–Crippen LogP) is 2.85. The molecule has 0 spiro atoms. The highest BCUT2D eigenvalue weighted by molar-refractivity contribution is 7.89. The number of hydrogen-bond donors (Lipinski definition) is 1. The predicted molar refractivity (Wildman–Crippen MR) is 124 cm³/mol. The molecule has 0 heterocycles. The van der Waals surface area contributed by atoms with E-state index in [2.05, 4.69) is 10.6 Å². The van der Waals surface area contributed by atoms with Gasteiger partial charge in [-0.3, -0.25) is 0 Å². The SMILES string of the molecule is C#CCN([C@@H]1[C@H](NS(=O)(=O)c2ccc(C)cc2)[C@@H]2C=C[C@H]1C2)S(=O)(=O)c1ccc(C)cc1. The Morgan fingerprint density at radius 3 is 2.00 bits per heavy atom. The van der Waals surface area contributed by atoms with Crippen molar-refractivity contribution in [3.05, 3.63) is 71.8 Å². The van der Waals surface area contributed by atoms with Crippen molar-refractivity contribution in [2.45, 2.75) is 42.1 Å². The van der Waals surface area contributed by atoms with E-state index in [0.29, 0.717) is 6.42 Å². The zero-order valence-electron chi connectivity index (χ0n) is 18.0. The fourth-order valence-corrected chi connectivity index (χ4v) is 7.50. The van der Waals surface area contributed by atoms with Crippen LogP contribution < -0.4 is 4.72 Å². The summed E-state index contributed by atoms with van der Waals surface area (Å²) in [6.07, 6.45) is 10.2. The zero-order valence-corrected chi connectivity index (χ0v) is 19.6. The van der Waals surface area contributed by atoms with E-state index in [4.69, 9.17) is 6.42 Å². The molecule has 0 amide bonds. The molecule has 0 saturated heterocycles. The van der Waals surface area contributed by atoms with Crippen molar-refractivity contribution in [1.82, 2.24) is 9.03 Å². The first-order valence-electron chi connectivity index (χ1n) is 10.4. The minimum absolute atomic E-state index is 0.0984. The van der Waals surface area contributed by atoms with Gasteiger partial charge in [0.1, 0.15) is 0 Å². The van der Waals surface area contributed by atoms with Crippen molar-refractivity contribution >= 4 is 20.0 Å². The quantitative estimate of drug-likeness (QED) is 0.498. The maximum Gasteiger partial charge on any atom is 0.244 e. The Morgan fingerprint density at radius 2 is 1.44 bits per heavy atom. The van der Waals surface area contributed by atoms with Crippen molar-refractivity contribution in [3.8, 4) is 12.3 Å². The molecule has 2 aromatic rings. The van der Waals surface area contributed by atoms with Gasteiger partial charge in [-0.15, -0.1) is 6.42 Å². The molecule has 1 fully saturated rings. The molecule has 0 radical (unpaired) electrons. The number of fused-ring (bicyclic) bond motifs is 2. The molecule has 2 bridgehead atoms. The van der Waals surface area contributed by atoms with Gasteiger partial charge >= 0.3 is 0 Å². The third kappa shape index (κ3) is 4.14. The van der Waals surface area contributed by atoms with Gasteiger partial charge in [0.15, 0.2) is 0 Å². The van der Waals surface area contributed by atoms with Gasteiger partial charge in [-0.2, -0.15) is 4.31 Å². The second-order valence-corrected chi connectivity index (χ2v) is 12.1. The number of benzene rings is 2. The summed E-state index contributed by atoms with van der Waals surface area (Å²) in [6, 6.07) is 12.0. The number of nitrogens with zero attached hydrogens (tertiary/aromatic N) is 1. The summed E-state index contributed by atoms with van der Waals surface area (Å²) in [4.78, 5) is 0.295. The molecule has 4 atom stereocenters. The number of aryl methyl sites for hydroxylation is 2. The van der Waals surface area contributed by atoms with Crippen molar-refractivity contribution < 1.29 is 16.8 Å². The maximum absolute atomic E-state index is 13.5. The molecule has 2 aliphatic rings. The second kappa shape index (κ2) is 8.49. The molecule has 1 saturated carbocycles. The number of sulfonamides is 2. The smallest absolute Gasteiger partial charge is 0.207 e. The lowest BCUT2D eigenvalue weighted by molar-refractivity contribution is 0.271. The van der Waals surface area contributed by atoms with Crippen molar-refractivity contribution in [2.75, 3.05) is 6.54 Å². The van der Waals surface area contributed by atoms with Gasteiger partial charge in [0.25, 0.3) is 0 Å². The van der Waals surface area contributed by atoms with Crippen LogP contribution in [0.15, 0.2) is 70.5 Å². The average molecular weight is 471 g/mol. The van der Waals surface area contributed by atoms with Crippen LogP contribution in [0.25, 0.3) is 0 Å². The van der Waals surface area contributed by atoms with Gasteiger partial charge in [0.05, 0.1) is 16.3 Å². The van der Waals surface area contributed by atoms with Crippen LogP contribution in [0.4, 0.5) is 0 Å². The number of rotatable bonds is 7. The molecule has 0 aliphatic heterocycles. The van der Waals surface area contributed by atoms with E-state index in [1.54, 1.807) is 48.5 Å². The molecule has 168 valence electrons. The molecular formula is C24H26N2O4S2. The second-order valence-electron chi connectivity index (χ2n) is 8.47. The average Bonchev–Trinajstić information content (AvgIpc) is 3.34. The summed E-state index contributed by atoms with van der Waals surface area (Å²) < 4.78 is 57.4. The highest BCUT2D eigenvalue weighted by atomic mass is 32.2. The molecular weight excluding hydrogens is 444 g/mol. The molecule has 4 rings (SSSR count). The van der Waals surface area contributed by atoms with Gasteiger partial charge in [-0.25, -0.2) is 21.6 Å². The first-order valence-corrected chi connectivity index (χ1v) is 13.3. The van der Waals surface area contributed by atoms with Gasteiger partial charge in [0, 0.05) is 12.1 Å². The molecule has 0 unspecified atom stereocenters. The molecule has 1 N–H and O–H groups in total. The van der Waals surface area contributed by atoms with Crippen LogP contribution in [-0.4, -0.2) is 39.8 Å². The van der Waals surface area contributed by atoms with Gasteiger partial charge < -0.3 is 0 Å². The topological polar surface area (TPSA) is 83.6 Å². The Bertz CT molecular complexity index is 1280. The standard InChI is InChI=1S/C24H26N2O4S2/c1-4-15-26(32(29,30)22-13-7-18(3)8-14-22)24-20-10-9-19(16-20)23(24)25-31(27,28)21-11-5-17(2)6-12-21/h1,5-14,19-20,23-25H,15-16H2,2-3H3/t19-,20+,23-,24+/m1/s1. The Kier molecular flexibility index (Phi) is 6.03. The minimum atomic E-state index is -3.92. The van der Waals surface area contributed by atoms with Gasteiger partial charge in [-0.1, -0.05) is 53.5 Å². The summed E-state index contributed by atoms with van der Waals surface area (Å²) in [6.45, 7) is 3.63. The van der Waals surface area contributed by atoms with E-state index in [0.717, 1.165) is 11.1 Å². The molecule has 2 aliphatic carbocycles. The number of nitrogens with one attached hydrogen (secondary N) is 1. The van der Waals surface area contributed by atoms with E-state index in [9.17, 15) is 16.8 Å². The highest BCUT2D eigenvalue weighted by Crippen LogP contribution is 2.44. The molecule has 32 heavy (non-hydrogen) atoms. The lowest BCUT2D eigenvalue weighted by Gasteiger charge is -2.36.